The topological polar surface area (TPSA) is 42.4 Å². The number of benzene rings is 1. The van der Waals surface area contributed by atoms with Gasteiger partial charge in [-0.2, -0.15) is 0 Å². The normalized spacial score (nSPS) is 11.6. The van der Waals surface area contributed by atoms with Crippen LogP contribution < -0.4 is 5.73 Å². The molecular formula is C17H20N2OS. The number of rotatable bonds is 6. The van der Waals surface area contributed by atoms with Crippen molar-refractivity contribution in [3.05, 3.63) is 58.0 Å². The zero-order valence-corrected chi connectivity index (χ0v) is 13.0. The average Bonchev–Trinajstić information content (AvgIpc) is 3.12. The maximum absolute atomic E-state index is 5.98. The maximum atomic E-state index is 5.98. The van der Waals surface area contributed by atoms with Gasteiger partial charge >= 0.3 is 0 Å². The van der Waals surface area contributed by atoms with Gasteiger partial charge < -0.3 is 10.2 Å². The molecular weight excluding hydrogens is 280 g/mol. The lowest BCUT2D eigenvalue weighted by molar-refractivity contribution is 0.301. The highest BCUT2D eigenvalue weighted by Gasteiger charge is 2.14. The van der Waals surface area contributed by atoms with E-state index in [0.29, 0.717) is 6.54 Å². The minimum atomic E-state index is 0.519. The summed E-state index contributed by atoms with van der Waals surface area (Å²) in [5.41, 5.74) is 7.97. The lowest BCUT2D eigenvalue weighted by atomic mass is 10.1. The van der Waals surface area contributed by atoms with Crippen LogP contribution in [0.2, 0.25) is 0 Å². The molecule has 0 aliphatic rings. The van der Waals surface area contributed by atoms with Gasteiger partial charge in [-0.25, -0.2) is 0 Å². The molecule has 0 spiro atoms. The Morgan fingerprint density at radius 3 is 2.81 bits per heavy atom. The first kappa shape index (κ1) is 14.3. The van der Waals surface area contributed by atoms with Gasteiger partial charge in [0, 0.05) is 28.9 Å². The Kier molecular flexibility index (Phi) is 4.39. The van der Waals surface area contributed by atoms with Crippen LogP contribution in [0.25, 0.3) is 11.0 Å². The number of fused-ring (bicyclic) bond motifs is 1. The first-order chi connectivity index (χ1) is 10.3. The molecule has 3 nitrogen and oxygen atoms in total. The van der Waals surface area contributed by atoms with Crippen molar-refractivity contribution in [2.45, 2.75) is 19.5 Å². The van der Waals surface area contributed by atoms with E-state index in [2.05, 4.69) is 35.5 Å². The first-order valence-corrected chi connectivity index (χ1v) is 8.06. The van der Waals surface area contributed by atoms with Crippen molar-refractivity contribution in [2.24, 2.45) is 5.73 Å². The summed E-state index contributed by atoms with van der Waals surface area (Å²) < 4.78 is 5.98. The van der Waals surface area contributed by atoms with Crippen LogP contribution in [-0.2, 0) is 19.5 Å². The maximum Gasteiger partial charge on any atom is 0.134 e. The molecule has 0 bridgehead atoms. The Bertz CT molecular complexity index is 703. The number of para-hydroxylation sites is 1. The lowest BCUT2D eigenvalue weighted by Gasteiger charge is -2.15. The summed E-state index contributed by atoms with van der Waals surface area (Å²) in [5, 5.41) is 3.27. The third-order valence-electron chi connectivity index (χ3n) is 3.72. The molecule has 1 aromatic carbocycles. The predicted octanol–water partition coefficient (Wildman–Crippen LogP) is 3.63. The molecule has 0 radical (unpaired) electrons. The van der Waals surface area contributed by atoms with Crippen LogP contribution >= 0.6 is 11.3 Å². The molecule has 2 heterocycles. The highest BCUT2D eigenvalue weighted by molar-refractivity contribution is 7.09. The summed E-state index contributed by atoms with van der Waals surface area (Å²) >= 11 is 1.81. The minimum Gasteiger partial charge on any atom is -0.459 e. The van der Waals surface area contributed by atoms with Gasteiger partial charge in [0.2, 0.25) is 0 Å². The molecule has 3 rings (SSSR count). The average molecular weight is 300 g/mol. The van der Waals surface area contributed by atoms with Gasteiger partial charge in [-0.15, -0.1) is 11.3 Å². The molecule has 0 unspecified atom stereocenters. The molecule has 0 aliphatic heterocycles. The summed E-state index contributed by atoms with van der Waals surface area (Å²) in [5.74, 6) is 0.993. The van der Waals surface area contributed by atoms with E-state index in [1.165, 1.54) is 4.88 Å². The van der Waals surface area contributed by atoms with Gasteiger partial charge in [0.15, 0.2) is 0 Å². The lowest BCUT2D eigenvalue weighted by Crippen LogP contribution is -2.21. The SMILES string of the molecule is CN(CCc1cccs1)Cc1oc2ccccc2c1CN. The minimum absolute atomic E-state index is 0.519. The number of hydrogen-bond donors (Lipinski definition) is 1. The van der Waals surface area contributed by atoms with E-state index in [-0.39, 0.29) is 0 Å². The van der Waals surface area contributed by atoms with E-state index in [1.54, 1.807) is 0 Å². The Labute approximate surface area is 129 Å². The van der Waals surface area contributed by atoms with E-state index in [0.717, 1.165) is 41.8 Å². The molecule has 4 heteroatoms. The monoisotopic (exact) mass is 300 g/mol. The van der Waals surface area contributed by atoms with E-state index < -0.39 is 0 Å². The van der Waals surface area contributed by atoms with Gasteiger partial charge in [-0.3, -0.25) is 4.90 Å². The highest BCUT2D eigenvalue weighted by atomic mass is 32.1. The number of hydrogen-bond acceptors (Lipinski definition) is 4. The highest BCUT2D eigenvalue weighted by Crippen LogP contribution is 2.26. The fraction of sp³-hybridized carbons (Fsp3) is 0.294. The quantitative estimate of drug-likeness (QED) is 0.756. The second kappa shape index (κ2) is 6.43. The Hall–Kier alpha value is -1.62. The van der Waals surface area contributed by atoms with Crippen LogP contribution in [-0.4, -0.2) is 18.5 Å². The van der Waals surface area contributed by atoms with Crippen molar-refractivity contribution < 1.29 is 4.42 Å². The van der Waals surface area contributed by atoms with Crippen molar-refractivity contribution in [3.63, 3.8) is 0 Å². The third-order valence-corrected chi connectivity index (χ3v) is 4.66. The second-order valence-corrected chi connectivity index (χ2v) is 6.30. The molecule has 21 heavy (non-hydrogen) atoms. The van der Waals surface area contributed by atoms with Crippen molar-refractivity contribution >= 4 is 22.3 Å². The van der Waals surface area contributed by atoms with Crippen molar-refractivity contribution in [1.82, 2.24) is 4.90 Å². The van der Waals surface area contributed by atoms with Crippen LogP contribution in [0.15, 0.2) is 46.2 Å². The zero-order chi connectivity index (χ0) is 14.7. The number of thiophene rings is 1. The van der Waals surface area contributed by atoms with Gasteiger partial charge in [-0.05, 0) is 31.0 Å². The largest absolute Gasteiger partial charge is 0.459 e. The molecule has 3 aromatic rings. The molecule has 0 atom stereocenters. The van der Waals surface area contributed by atoms with Gasteiger partial charge in [0.05, 0.1) is 6.54 Å². The number of nitrogens with two attached hydrogens (primary N) is 1. The molecule has 110 valence electrons. The van der Waals surface area contributed by atoms with E-state index >= 15 is 0 Å². The summed E-state index contributed by atoms with van der Waals surface area (Å²) in [4.78, 5) is 3.71. The molecule has 2 N–H and O–H groups in total. The molecule has 0 aliphatic carbocycles. The first-order valence-electron chi connectivity index (χ1n) is 7.18. The van der Waals surface area contributed by atoms with Crippen LogP contribution in [0.5, 0.6) is 0 Å². The number of likely N-dealkylation sites (N-methyl/N-ethyl adjacent to an activating group) is 1. The number of nitrogens with zero attached hydrogens (tertiary/aromatic N) is 1. The van der Waals surface area contributed by atoms with Gasteiger partial charge in [0.1, 0.15) is 11.3 Å². The second-order valence-electron chi connectivity index (χ2n) is 5.27. The van der Waals surface area contributed by atoms with Gasteiger partial charge in [0.25, 0.3) is 0 Å². The van der Waals surface area contributed by atoms with Gasteiger partial charge in [-0.1, -0.05) is 24.3 Å². The number of furan rings is 1. The summed E-state index contributed by atoms with van der Waals surface area (Å²) in [6, 6.07) is 12.4. The van der Waals surface area contributed by atoms with E-state index in [4.69, 9.17) is 10.2 Å². The predicted molar refractivity (Wildman–Crippen MR) is 88.5 cm³/mol. The zero-order valence-electron chi connectivity index (χ0n) is 12.2. The Morgan fingerprint density at radius 2 is 2.05 bits per heavy atom. The molecule has 0 amide bonds. The smallest absolute Gasteiger partial charge is 0.134 e. The van der Waals surface area contributed by atoms with Crippen LogP contribution in [0.1, 0.15) is 16.2 Å². The fourth-order valence-corrected chi connectivity index (χ4v) is 3.28. The van der Waals surface area contributed by atoms with Crippen LogP contribution in [0, 0.1) is 0 Å². The summed E-state index contributed by atoms with van der Waals surface area (Å²) in [7, 11) is 2.13. The van der Waals surface area contributed by atoms with Crippen LogP contribution in [0.3, 0.4) is 0 Å². The fourth-order valence-electron chi connectivity index (χ4n) is 2.58. The molecule has 0 saturated heterocycles. The van der Waals surface area contributed by atoms with E-state index in [9.17, 15) is 0 Å². The summed E-state index contributed by atoms with van der Waals surface area (Å²) in [6.07, 6.45) is 1.08. The van der Waals surface area contributed by atoms with E-state index in [1.807, 2.05) is 29.5 Å². The Balaban J connectivity index is 1.71. The molecule has 2 aromatic heterocycles. The molecule has 0 fully saturated rings. The van der Waals surface area contributed by atoms with Crippen molar-refractivity contribution in [1.29, 1.82) is 0 Å². The van der Waals surface area contributed by atoms with Crippen molar-refractivity contribution in [3.8, 4) is 0 Å². The standard InChI is InChI=1S/C17H20N2OS/c1-19(9-8-13-5-4-10-21-13)12-17-15(11-18)14-6-2-3-7-16(14)20-17/h2-7,10H,8-9,11-12,18H2,1H3. The summed E-state index contributed by atoms with van der Waals surface area (Å²) in [6.45, 7) is 2.33. The van der Waals surface area contributed by atoms with Crippen LogP contribution in [0.4, 0.5) is 0 Å². The Morgan fingerprint density at radius 1 is 1.19 bits per heavy atom. The third kappa shape index (κ3) is 3.18. The van der Waals surface area contributed by atoms with Crippen molar-refractivity contribution in [2.75, 3.05) is 13.6 Å². The molecule has 0 saturated carbocycles.